The average molecular weight is 396 g/mol. The molecule has 0 fully saturated rings. The first-order valence-electron chi connectivity index (χ1n) is 8.40. The minimum Gasteiger partial charge on any atom is -0.384 e. The lowest BCUT2D eigenvalue weighted by atomic mass is 10.0. The van der Waals surface area contributed by atoms with Gasteiger partial charge < -0.3 is 11.1 Å². The van der Waals surface area contributed by atoms with Gasteiger partial charge in [0, 0.05) is 28.9 Å². The number of halogens is 1. The van der Waals surface area contributed by atoms with E-state index in [1.165, 1.54) is 10.9 Å². The number of nitrogens with zero attached hydrogens (tertiary/aromatic N) is 2. The predicted octanol–water partition coefficient (Wildman–Crippen LogP) is 3.04. The van der Waals surface area contributed by atoms with Crippen LogP contribution < -0.4 is 11.1 Å². The summed E-state index contributed by atoms with van der Waals surface area (Å²) in [5.41, 5.74) is 7.86. The fourth-order valence-electron chi connectivity index (χ4n) is 2.68. The predicted molar refractivity (Wildman–Crippen MR) is 108 cm³/mol. The van der Waals surface area contributed by atoms with Gasteiger partial charge in [-0.05, 0) is 24.3 Å². The fourth-order valence-corrected chi connectivity index (χ4v) is 2.81. The number of hydrogen-bond donors (Lipinski definition) is 3. The third-order valence-corrected chi connectivity index (χ3v) is 4.51. The molecule has 0 aliphatic heterocycles. The first kappa shape index (κ1) is 19.3. The molecule has 142 valence electrons. The van der Waals surface area contributed by atoms with Gasteiger partial charge >= 0.3 is 0 Å². The first-order chi connectivity index (χ1) is 13.3. The van der Waals surface area contributed by atoms with E-state index in [2.05, 4.69) is 10.4 Å². The molecule has 0 aliphatic carbocycles. The zero-order valence-corrected chi connectivity index (χ0v) is 15.8. The van der Waals surface area contributed by atoms with Crippen LogP contribution in [0, 0.1) is 5.41 Å². The maximum Gasteiger partial charge on any atom is 0.259 e. The lowest BCUT2D eigenvalue weighted by molar-refractivity contribution is 0.0990. The molecule has 3 aromatic rings. The van der Waals surface area contributed by atoms with Crippen LogP contribution in [0.15, 0.2) is 54.7 Å². The number of benzene rings is 2. The Kier molecular flexibility index (Phi) is 5.56. The summed E-state index contributed by atoms with van der Waals surface area (Å²) >= 11 is 5.85. The van der Waals surface area contributed by atoms with Crippen LogP contribution in [0.25, 0.3) is 0 Å². The molecule has 0 saturated heterocycles. The Morgan fingerprint density at radius 2 is 1.71 bits per heavy atom. The van der Waals surface area contributed by atoms with Gasteiger partial charge in [-0.1, -0.05) is 35.9 Å². The molecule has 1 amide bonds. The maximum atomic E-state index is 12.6. The molecule has 0 bridgehead atoms. The van der Waals surface area contributed by atoms with E-state index in [9.17, 15) is 9.59 Å². The van der Waals surface area contributed by atoms with Crippen molar-refractivity contribution in [1.82, 2.24) is 9.78 Å². The molecular formula is C20H18ClN5O2. The van der Waals surface area contributed by atoms with Crippen LogP contribution in [0.2, 0.25) is 5.02 Å². The van der Waals surface area contributed by atoms with Crippen LogP contribution in [0.3, 0.4) is 0 Å². The second-order valence-corrected chi connectivity index (χ2v) is 6.62. The Hall–Kier alpha value is -3.45. The molecule has 8 heteroatoms. The summed E-state index contributed by atoms with van der Waals surface area (Å²) in [7, 11) is 1.68. The van der Waals surface area contributed by atoms with E-state index in [4.69, 9.17) is 22.7 Å². The lowest BCUT2D eigenvalue weighted by Gasteiger charge is -2.08. The summed E-state index contributed by atoms with van der Waals surface area (Å²) in [6, 6.07) is 13.2. The molecular weight excluding hydrogens is 378 g/mol. The number of rotatable bonds is 6. The van der Waals surface area contributed by atoms with Gasteiger partial charge in [-0.15, -0.1) is 0 Å². The summed E-state index contributed by atoms with van der Waals surface area (Å²) in [6.07, 6.45) is 1.45. The first-order valence-corrected chi connectivity index (χ1v) is 8.78. The number of carbonyl (C=O) groups excluding carboxylic acids is 2. The van der Waals surface area contributed by atoms with Crippen LogP contribution in [0.4, 0.5) is 5.69 Å². The highest BCUT2D eigenvalue weighted by atomic mass is 35.5. The Bertz CT molecular complexity index is 1040. The van der Waals surface area contributed by atoms with Crippen LogP contribution in [0.1, 0.15) is 32.0 Å². The third-order valence-electron chi connectivity index (χ3n) is 4.25. The number of amidine groups is 1. The van der Waals surface area contributed by atoms with E-state index in [0.29, 0.717) is 33.1 Å². The highest BCUT2D eigenvalue weighted by Crippen LogP contribution is 2.17. The number of hydrogen-bond acceptors (Lipinski definition) is 4. The summed E-state index contributed by atoms with van der Waals surface area (Å²) in [6.45, 7) is 0. The quantitative estimate of drug-likeness (QED) is 0.338. The number of aryl methyl sites for hydroxylation is 1. The van der Waals surface area contributed by atoms with Gasteiger partial charge in [0.1, 0.15) is 5.84 Å². The van der Waals surface area contributed by atoms with Crippen molar-refractivity contribution < 1.29 is 9.59 Å². The number of nitrogens with one attached hydrogen (secondary N) is 2. The van der Waals surface area contributed by atoms with Crippen LogP contribution in [0.5, 0.6) is 0 Å². The molecule has 0 aliphatic rings. The molecule has 28 heavy (non-hydrogen) atoms. The number of carbonyl (C=O) groups is 2. The molecule has 2 aromatic carbocycles. The van der Waals surface area contributed by atoms with Crippen molar-refractivity contribution in [3.63, 3.8) is 0 Å². The van der Waals surface area contributed by atoms with E-state index in [0.717, 1.165) is 0 Å². The van der Waals surface area contributed by atoms with Gasteiger partial charge in [0.25, 0.3) is 5.91 Å². The molecule has 0 saturated carbocycles. The number of nitrogen functional groups attached to an aromatic ring is 1. The van der Waals surface area contributed by atoms with Crippen molar-refractivity contribution in [2.75, 3.05) is 5.32 Å². The van der Waals surface area contributed by atoms with E-state index < -0.39 is 0 Å². The second kappa shape index (κ2) is 8.06. The Balaban J connectivity index is 1.78. The molecule has 4 N–H and O–H groups in total. The topological polar surface area (TPSA) is 114 Å². The number of amides is 1. The molecule has 3 rings (SSSR count). The SMILES string of the molecule is Cn1ncc(C(=O)Nc2ccc(Cl)cc2)c1CC(=O)c1ccc(C(=N)N)cc1. The number of Topliss-reactive ketones (excluding diaryl/α,β-unsaturated/α-hetero) is 1. The van der Waals surface area contributed by atoms with Crippen molar-refractivity contribution >= 4 is 34.8 Å². The van der Waals surface area contributed by atoms with Gasteiger partial charge in [-0.3, -0.25) is 19.7 Å². The number of ketones is 1. The van der Waals surface area contributed by atoms with Gasteiger partial charge in [-0.2, -0.15) is 5.10 Å². The lowest BCUT2D eigenvalue weighted by Crippen LogP contribution is -2.17. The van der Waals surface area contributed by atoms with Crippen molar-refractivity contribution in [3.05, 3.63) is 82.1 Å². The van der Waals surface area contributed by atoms with E-state index in [1.54, 1.807) is 55.6 Å². The molecule has 1 aromatic heterocycles. The van der Waals surface area contributed by atoms with E-state index in [-0.39, 0.29) is 23.9 Å². The van der Waals surface area contributed by atoms with Crippen molar-refractivity contribution in [2.45, 2.75) is 6.42 Å². The molecule has 0 spiro atoms. The zero-order valence-electron chi connectivity index (χ0n) is 15.1. The molecule has 0 radical (unpaired) electrons. The molecule has 0 unspecified atom stereocenters. The van der Waals surface area contributed by atoms with Gasteiger partial charge in [-0.25, -0.2) is 0 Å². The summed E-state index contributed by atoms with van der Waals surface area (Å²) in [5.74, 6) is -0.587. The van der Waals surface area contributed by atoms with Crippen LogP contribution in [-0.2, 0) is 13.5 Å². The Morgan fingerprint density at radius 1 is 1.11 bits per heavy atom. The zero-order chi connectivity index (χ0) is 20.3. The van der Waals surface area contributed by atoms with Gasteiger partial charge in [0.15, 0.2) is 5.78 Å². The Morgan fingerprint density at radius 3 is 2.32 bits per heavy atom. The fraction of sp³-hybridized carbons (Fsp3) is 0.100. The van der Waals surface area contributed by atoms with Crippen LogP contribution >= 0.6 is 11.6 Å². The normalized spacial score (nSPS) is 10.5. The van der Waals surface area contributed by atoms with E-state index >= 15 is 0 Å². The smallest absolute Gasteiger partial charge is 0.259 e. The number of nitrogens with two attached hydrogens (primary N) is 1. The summed E-state index contributed by atoms with van der Waals surface area (Å²) < 4.78 is 1.51. The van der Waals surface area contributed by atoms with Crippen LogP contribution in [-0.4, -0.2) is 27.3 Å². The van der Waals surface area contributed by atoms with Crippen molar-refractivity contribution in [3.8, 4) is 0 Å². The highest BCUT2D eigenvalue weighted by molar-refractivity contribution is 6.30. The summed E-state index contributed by atoms with van der Waals surface area (Å²) in [4.78, 5) is 25.3. The maximum absolute atomic E-state index is 12.6. The second-order valence-electron chi connectivity index (χ2n) is 6.18. The summed E-state index contributed by atoms with van der Waals surface area (Å²) in [5, 5.41) is 14.9. The Labute approximate surface area is 166 Å². The standard InChI is InChI=1S/C20H18ClN5O2/c1-26-17(10-18(27)12-2-4-13(5-3-12)19(22)23)16(11-24-26)20(28)25-15-8-6-14(21)7-9-15/h2-9,11H,10H2,1H3,(H3,22,23)(H,25,28). The minimum absolute atomic E-state index is 0.0132. The van der Waals surface area contributed by atoms with Crippen molar-refractivity contribution in [1.29, 1.82) is 5.41 Å². The van der Waals surface area contributed by atoms with Gasteiger partial charge in [0.2, 0.25) is 0 Å². The highest BCUT2D eigenvalue weighted by Gasteiger charge is 2.19. The molecule has 7 nitrogen and oxygen atoms in total. The minimum atomic E-state index is -0.356. The molecule has 0 atom stereocenters. The largest absolute Gasteiger partial charge is 0.384 e. The number of anilines is 1. The van der Waals surface area contributed by atoms with Gasteiger partial charge in [0.05, 0.1) is 23.9 Å². The monoisotopic (exact) mass is 395 g/mol. The number of aromatic nitrogens is 2. The molecule has 1 heterocycles. The average Bonchev–Trinajstić information content (AvgIpc) is 3.04. The third kappa shape index (κ3) is 4.27. The van der Waals surface area contributed by atoms with Crippen molar-refractivity contribution in [2.24, 2.45) is 12.8 Å². The van der Waals surface area contributed by atoms with E-state index in [1.807, 2.05) is 0 Å².